The molecule has 1 atom stereocenters. The summed E-state index contributed by atoms with van der Waals surface area (Å²) in [5.41, 5.74) is 1.80. The summed E-state index contributed by atoms with van der Waals surface area (Å²) in [5, 5.41) is 4.63. The Labute approximate surface area is 160 Å². The van der Waals surface area contributed by atoms with Crippen LogP contribution in [-0.2, 0) is 6.54 Å². The highest BCUT2D eigenvalue weighted by Crippen LogP contribution is 2.19. The Hall–Kier alpha value is -2.05. The predicted octanol–water partition coefficient (Wildman–Crippen LogP) is 2.26. The van der Waals surface area contributed by atoms with Crippen molar-refractivity contribution < 1.29 is 0 Å². The third-order valence-electron chi connectivity index (χ3n) is 5.88. The van der Waals surface area contributed by atoms with Gasteiger partial charge >= 0.3 is 0 Å². The Morgan fingerprint density at radius 1 is 0.926 bits per heavy atom. The third-order valence-corrected chi connectivity index (χ3v) is 5.88. The lowest BCUT2D eigenvalue weighted by molar-refractivity contribution is 0.164. The van der Waals surface area contributed by atoms with Gasteiger partial charge in [0.1, 0.15) is 0 Å². The smallest absolute Gasteiger partial charge is 0.266 e. The average Bonchev–Trinajstić information content (AvgIpc) is 3.16. The first-order valence-electron chi connectivity index (χ1n) is 10.2. The molecule has 1 unspecified atom stereocenters. The van der Waals surface area contributed by atoms with Gasteiger partial charge in [-0.3, -0.25) is 14.7 Å². The maximum Gasteiger partial charge on any atom is 0.266 e. The van der Waals surface area contributed by atoms with E-state index in [4.69, 9.17) is 0 Å². The van der Waals surface area contributed by atoms with Crippen LogP contribution in [0, 0.1) is 0 Å². The monoisotopic (exact) mass is 367 g/mol. The Balaban J connectivity index is 1.42. The molecule has 2 aliphatic heterocycles. The van der Waals surface area contributed by atoms with Crippen molar-refractivity contribution in [2.24, 2.45) is 0 Å². The number of aromatic nitrogens is 3. The number of rotatable bonds is 6. The van der Waals surface area contributed by atoms with E-state index in [0.29, 0.717) is 12.6 Å². The minimum atomic E-state index is -0.0179. The van der Waals surface area contributed by atoms with Gasteiger partial charge in [0, 0.05) is 43.2 Å². The van der Waals surface area contributed by atoms with Crippen LogP contribution in [0.2, 0.25) is 0 Å². The van der Waals surface area contributed by atoms with Crippen LogP contribution in [0.15, 0.2) is 41.5 Å². The predicted molar refractivity (Wildman–Crippen MR) is 107 cm³/mol. The van der Waals surface area contributed by atoms with Crippen molar-refractivity contribution in [3.63, 3.8) is 0 Å². The zero-order valence-corrected chi connectivity index (χ0v) is 16.0. The Kier molecular flexibility index (Phi) is 5.94. The van der Waals surface area contributed by atoms with Crippen LogP contribution < -0.4 is 5.56 Å². The molecular weight excluding hydrogens is 338 g/mol. The summed E-state index contributed by atoms with van der Waals surface area (Å²) in [6, 6.07) is 7.70. The first-order valence-corrected chi connectivity index (χ1v) is 10.2. The first kappa shape index (κ1) is 18.3. The fourth-order valence-electron chi connectivity index (χ4n) is 4.31. The topological polar surface area (TPSA) is 54.3 Å². The van der Waals surface area contributed by atoms with Crippen LogP contribution in [-0.4, -0.2) is 63.3 Å². The van der Waals surface area contributed by atoms with E-state index in [2.05, 4.69) is 19.9 Å². The summed E-state index contributed by atoms with van der Waals surface area (Å²) in [4.78, 5) is 21.6. The summed E-state index contributed by atoms with van der Waals surface area (Å²) in [6.07, 6.45) is 9.93. The lowest BCUT2D eigenvalue weighted by Crippen LogP contribution is -2.42. The molecule has 0 amide bonds. The highest BCUT2D eigenvalue weighted by Gasteiger charge is 2.26. The summed E-state index contributed by atoms with van der Waals surface area (Å²) >= 11 is 0. The highest BCUT2D eigenvalue weighted by molar-refractivity contribution is 5.56. The molecule has 27 heavy (non-hydrogen) atoms. The van der Waals surface area contributed by atoms with Crippen molar-refractivity contribution in [1.82, 2.24) is 24.6 Å². The normalized spacial score (nSPS) is 21.6. The molecule has 0 N–H and O–H groups in total. The lowest BCUT2D eigenvalue weighted by atomic mass is 10.1. The Morgan fingerprint density at radius 3 is 2.56 bits per heavy atom. The number of nitrogens with zero attached hydrogens (tertiary/aromatic N) is 5. The fourth-order valence-corrected chi connectivity index (χ4v) is 4.31. The third kappa shape index (κ3) is 4.62. The molecule has 6 nitrogen and oxygen atoms in total. The molecule has 2 aliphatic rings. The van der Waals surface area contributed by atoms with E-state index in [1.165, 1.54) is 38.8 Å². The molecule has 0 bridgehead atoms. The number of piperidine rings is 1. The number of hydrogen-bond donors (Lipinski definition) is 0. The molecule has 0 aromatic carbocycles. The first-order chi connectivity index (χ1) is 13.3. The van der Waals surface area contributed by atoms with Gasteiger partial charge in [0.05, 0.1) is 12.2 Å². The highest BCUT2D eigenvalue weighted by atomic mass is 16.1. The van der Waals surface area contributed by atoms with Crippen molar-refractivity contribution in [3.8, 4) is 11.3 Å². The average molecular weight is 367 g/mol. The van der Waals surface area contributed by atoms with Crippen LogP contribution in [0.5, 0.6) is 0 Å². The standard InChI is InChI=1S/C21H29N5O/c27-21-7-6-20(18-8-10-22-11-9-18)23-26(21)17-19-5-4-14-25(19)16-15-24-12-2-1-3-13-24/h6-11,19H,1-5,12-17H2. The number of pyridine rings is 1. The minimum absolute atomic E-state index is 0.0179. The maximum atomic E-state index is 12.4. The van der Waals surface area contributed by atoms with Crippen LogP contribution in [0.4, 0.5) is 0 Å². The molecule has 4 heterocycles. The fraction of sp³-hybridized carbons (Fsp3) is 0.571. The van der Waals surface area contributed by atoms with E-state index < -0.39 is 0 Å². The maximum absolute atomic E-state index is 12.4. The van der Waals surface area contributed by atoms with Crippen LogP contribution in [0.1, 0.15) is 32.1 Å². The SMILES string of the molecule is O=c1ccc(-c2ccncc2)nn1CC1CCCN1CCN1CCCCC1. The molecule has 2 saturated heterocycles. The van der Waals surface area contributed by atoms with Crippen LogP contribution in [0.3, 0.4) is 0 Å². The van der Waals surface area contributed by atoms with Crippen molar-refractivity contribution in [1.29, 1.82) is 0 Å². The van der Waals surface area contributed by atoms with Crippen LogP contribution >= 0.6 is 0 Å². The second-order valence-corrected chi connectivity index (χ2v) is 7.71. The quantitative estimate of drug-likeness (QED) is 0.784. The molecule has 0 aliphatic carbocycles. The summed E-state index contributed by atoms with van der Waals surface area (Å²) in [6.45, 7) is 6.55. The summed E-state index contributed by atoms with van der Waals surface area (Å²) in [5.74, 6) is 0. The van der Waals surface area contributed by atoms with Crippen molar-refractivity contribution >= 4 is 0 Å². The summed E-state index contributed by atoms with van der Waals surface area (Å²) in [7, 11) is 0. The van der Waals surface area contributed by atoms with Crippen molar-refractivity contribution in [3.05, 3.63) is 47.0 Å². The molecular formula is C21H29N5O. The van der Waals surface area contributed by atoms with Gasteiger partial charge in [0.15, 0.2) is 0 Å². The zero-order chi connectivity index (χ0) is 18.5. The van der Waals surface area contributed by atoms with Gasteiger partial charge in [0.25, 0.3) is 5.56 Å². The van der Waals surface area contributed by atoms with E-state index >= 15 is 0 Å². The van der Waals surface area contributed by atoms with Crippen LogP contribution in [0.25, 0.3) is 11.3 Å². The van der Waals surface area contributed by atoms with E-state index in [1.807, 2.05) is 12.1 Å². The van der Waals surface area contributed by atoms with Gasteiger partial charge in [-0.2, -0.15) is 5.10 Å². The van der Waals surface area contributed by atoms with Gasteiger partial charge in [0.2, 0.25) is 0 Å². The summed E-state index contributed by atoms with van der Waals surface area (Å²) < 4.78 is 1.65. The van der Waals surface area contributed by atoms with Gasteiger partial charge < -0.3 is 4.90 Å². The zero-order valence-electron chi connectivity index (χ0n) is 16.0. The minimum Gasteiger partial charge on any atom is -0.302 e. The number of hydrogen-bond acceptors (Lipinski definition) is 5. The molecule has 2 aromatic heterocycles. The Morgan fingerprint density at radius 2 is 1.74 bits per heavy atom. The van der Waals surface area contributed by atoms with Gasteiger partial charge in [-0.15, -0.1) is 0 Å². The second kappa shape index (κ2) is 8.76. The lowest BCUT2D eigenvalue weighted by Gasteiger charge is -2.30. The molecule has 0 radical (unpaired) electrons. The number of likely N-dealkylation sites (tertiary alicyclic amines) is 2. The molecule has 4 rings (SSSR count). The molecule has 6 heteroatoms. The van der Waals surface area contributed by atoms with Gasteiger partial charge in [-0.05, 0) is 63.5 Å². The van der Waals surface area contributed by atoms with E-state index in [-0.39, 0.29) is 5.56 Å². The molecule has 144 valence electrons. The largest absolute Gasteiger partial charge is 0.302 e. The molecule has 0 spiro atoms. The molecule has 0 saturated carbocycles. The Bertz CT molecular complexity index is 785. The molecule has 2 fully saturated rings. The van der Waals surface area contributed by atoms with E-state index in [1.54, 1.807) is 29.2 Å². The van der Waals surface area contributed by atoms with Gasteiger partial charge in [-0.1, -0.05) is 6.42 Å². The van der Waals surface area contributed by atoms with E-state index in [9.17, 15) is 4.79 Å². The second-order valence-electron chi connectivity index (χ2n) is 7.71. The van der Waals surface area contributed by atoms with Gasteiger partial charge in [-0.25, -0.2) is 4.68 Å². The van der Waals surface area contributed by atoms with E-state index in [0.717, 1.165) is 37.3 Å². The van der Waals surface area contributed by atoms with Crippen molar-refractivity contribution in [2.45, 2.75) is 44.7 Å². The molecule has 2 aromatic rings. The van der Waals surface area contributed by atoms with Crippen molar-refractivity contribution in [2.75, 3.05) is 32.7 Å².